The Morgan fingerprint density at radius 1 is 0.903 bits per heavy atom. The van der Waals surface area contributed by atoms with Crippen LogP contribution in [0.3, 0.4) is 0 Å². The number of nitrogens with one attached hydrogen (secondary N) is 1. The molecule has 2 N–H and O–H groups in total. The number of carboxylic acids is 1. The Kier molecular flexibility index (Phi) is 11.6. The summed E-state index contributed by atoms with van der Waals surface area (Å²) < 4.78 is 19.9. The quantitative estimate of drug-likeness (QED) is 0.203. The number of likely N-dealkylation sites (N-methyl/N-ethyl adjacent to an activating group) is 1. The molecule has 2 amide bonds. The van der Waals surface area contributed by atoms with E-state index in [1.54, 1.807) is 6.92 Å². The molecule has 0 saturated carbocycles. The highest BCUT2D eigenvalue weighted by Gasteiger charge is 2.49. The lowest BCUT2D eigenvalue weighted by Gasteiger charge is -2.43. The maximum Gasteiger partial charge on any atom is 0.469 e. The van der Waals surface area contributed by atoms with Crippen LogP contribution in [-0.4, -0.2) is 75.4 Å². The first kappa shape index (κ1) is 30.2. The van der Waals surface area contributed by atoms with Gasteiger partial charge in [-0.3, -0.25) is 0 Å². The summed E-state index contributed by atoms with van der Waals surface area (Å²) >= 11 is 0. The first-order valence-electron chi connectivity index (χ1n) is 10.8. The van der Waals surface area contributed by atoms with Crippen LogP contribution < -0.4 is 5.32 Å². The Bertz CT molecular complexity index is 586. The summed E-state index contributed by atoms with van der Waals surface area (Å²) in [6.07, 6.45) is 0.662. The molecule has 0 bridgehead atoms. The van der Waals surface area contributed by atoms with E-state index in [2.05, 4.69) is 70.8 Å². The summed E-state index contributed by atoms with van der Waals surface area (Å²) in [4.78, 5) is 24.9. The van der Waals surface area contributed by atoms with Crippen LogP contribution in [0.15, 0.2) is 12.2 Å². The normalized spacial score (nSPS) is 13.1. The van der Waals surface area contributed by atoms with Crippen molar-refractivity contribution in [3.05, 3.63) is 12.2 Å². The van der Waals surface area contributed by atoms with Crippen molar-refractivity contribution in [1.82, 2.24) is 10.2 Å². The molecular formula is C19H44N2O6Si4. The number of amides is 2. The number of hydrogen-bond acceptors (Lipinski definition) is 5. The molecule has 0 saturated heterocycles. The van der Waals surface area contributed by atoms with Crippen LogP contribution in [0.25, 0.3) is 0 Å². The van der Waals surface area contributed by atoms with E-state index < -0.39 is 39.7 Å². The van der Waals surface area contributed by atoms with Crippen molar-refractivity contribution in [2.45, 2.75) is 78.3 Å². The molecule has 0 spiro atoms. The van der Waals surface area contributed by atoms with Crippen LogP contribution in [0.1, 0.15) is 13.3 Å². The van der Waals surface area contributed by atoms with Gasteiger partial charge >= 0.3 is 20.8 Å². The highest BCUT2D eigenvalue weighted by atomic mass is 28.5. The van der Waals surface area contributed by atoms with E-state index in [-0.39, 0.29) is 18.1 Å². The summed E-state index contributed by atoms with van der Waals surface area (Å²) in [6.45, 7) is 25.4. The van der Waals surface area contributed by atoms with Crippen LogP contribution in [0.2, 0.25) is 65.0 Å². The third kappa shape index (κ3) is 14.1. The van der Waals surface area contributed by atoms with Crippen molar-refractivity contribution in [2.24, 2.45) is 0 Å². The molecule has 0 radical (unpaired) electrons. The highest BCUT2D eigenvalue weighted by molar-refractivity contribution is 6.90. The average Bonchev–Trinajstić information content (AvgIpc) is 2.50. The predicted octanol–water partition coefficient (Wildman–Crippen LogP) is 4.54. The summed E-state index contributed by atoms with van der Waals surface area (Å²) in [5.74, 6) is -1.10. The van der Waals surface area contributed by atoms with Gasteiger partial charge in [-0.1, -0.05) is 6.58 Å². The lowest BCUT2D eigenvalue weighted by atomic mass is 10.3. The van der Waals surface area contributed by atoms with E-state index >= 15 is 0 Å². The molecule has 0 rings (SSSR count). The van der Waals surface area contributed by atoms with Crippen molar-refractivity contribution in [3.8, 4) is 0 Å². The Labute approximate surface area is 193 Å². The van der Waals surface area contributed by atoms with Crippen LogP contribution in [-0.2, 0) is 17.1 Å². The second-order valence-corrected chi connectivity index (χ2v) is 27.6. The van der Waals surface area contributed by atoms with Gasteiger partial charge in [0, 0.05) is 24.7 Å². The largest absolute Gasteiger partial charge is 0.478 e. The zero-order valence-electron chi connectivity index (χ0n) is 21.2. The summed E-state index contributed by atoms with van der Waals surface area (Å²) in [5, 5.41) is 11.9. The van der Waals surface area contributed by atoms with Gasteiger partial charge in [0.05, 0.1) is 6.54 Å². The van der Waals surface area contributed by atoms with E-state index in [4.69, 9.17) is 17.5 Å². The molecule has 31 heavy (non-hydrogen) atoms. The minimum Gasteiger partial charge on any atom is -0.478 e. The maximum atomic E-state index is 12.5. The molecule has 0 aliphatic heterocycles. The standard InChI is InChI=1S/C19H44N2O6Si4/c1-12-21(16-17(2)18(22)23)19(24)20-14-13-15-31(25-28(3,4)5,26-29(6,7)8)27-30(9,10)11/h2,12-16H2,1,3-11H3,(H,20,24)(H,22,23). The molecule has 0 unspecified atom stereocenters. The number of carbonyl (C=O) groups is 2. The van der Waals surface area contributed by atoms with Gasteiger partial charge in [0.1, 0.15) is 0 Å². The van der Waals surface area contributed by atoms with Crippen molar-refractivity contribution in [1.29, 1.82) is 0 Å². The zero-order valence-corrected chi connectivity index (χ0v) is 25.2. The van der Waals surface area contributed by atoms with Gasteiger partial charge in [0.2, 0.25) is 0 Å². The number of rotatable bonds is 14. The van der Waals surface area contributed by atoms with E-state index in [1.807, 2.05) is 0 Å². The number of carboxylic acid groups (broad SMARTS) is 1. The minimum absolute atomic E-state index is 0.00738. The fourth-order valence-electron chi connectivity index (χ4n) is 2.85. The Morgan fingerprint density at radius 2 is 1.32 bits per heavy atom. The predicted molar refractivity (Wildman–Crippen MR) is 136 cm³/mol. The molecular weight excluding hydrogens is 465 g/mol. The van der Waals surface area contributed by atoms with Crippen LogP contribution in [0.4, 0.5) is 4.79 Å². The van der Waals surface area contributed by atoms with E-state index in [0.717, 1.165) is 0 Å². The smallest absolute Gasteiger partial charge is 0.469 e. The van der Waals surface area contributed by atoms with Crippen molar-refractivity contribution >= 4 is 45.8 Å². The first-order valence-corrected chi connectivity index (χ1v) is 23.0. The summed E-state index contributed by atoms with van der Waals surface area (Å²) in [5.41, 5.74) is -0.0148. The van der Waals surface area contributed by atoms with Gasteiger partial charge < -0.3 is 27.7 Å². The lowest BCUT2D eigenvalue weighted by molar-refractivity contribution is -0.132. The third-order valence-electron chi connectivity index (χ3n) is 3.67. The van der Waals surface area contributed by atoms with Gasteiger partial charge in [-0.15, -0.1) is 0 Å². The molecule has 0 aromatic carbocycles. The van der Waals surface area contributed by atoms with Crippen LogP contribution >= 0.6 is 0 Å². The topological polar surface area (TPSA) is 97.3 Å². The van der Waals surface area contributed by atoms with Crippen LogP contribution in [0, 0.1) is 0 Å². The van der Waals surface area contributed by atoms with Gasteiger partial charge in [0.15, 0.2) is 25.0 Å². The van der Waals surface area contributed by atoms with Crippen molar-refractivity contribution < 1.29 is 27.0 Å². The van der Waals surface area contributed by atoms with Crippen molar-refractivity contribution in [2.75, 3.05) is 19.6 Å². The highest BCUT2D eigenvalue weighted by Crippen LogP contribution is 2.29. The van der Waals surface area contributed by atoms with Gasteiger partial charge in [0.25, 0.3) is 0 Å². The number of hydrogen-bond donors (Lipinski definition) is 2. The molecule has 0 aromatic rings. The van der Waals surface area contributed by atoms with Gasteiger partial charge in [-0.2, -0.15) is 0 Å². The SMILES string of the molecule is C=C(CN(CC)C(=O)NCCC[Si](O[Si](C)(C)C)(O[Si](C)(C)C)O[Si](C)(C)C)C(=O)O. The Morgan fingerprint density at radius 3 is 1.65 bits per heavy atom. The molecule has 0 heterocycles. The van der Waals surface area contributed by atoms with Crippen LogP contribution in [0.5, 0.6) is 0 Å². The number of urea groups is 1. The number of aliphatic carboxylic acids is 1. The van der Waals surface area contributed by atoms with Gasteiger partial charge in [-0.05, 0) is 72.3 Å². The average molecular weight is 509 g/mol. The zero-order chi connectivity index (χ0) is 24.7. The van der Waals surface area contributed by atoms with Gasteiger partial charge in [-0.25, -0.2) is 9.59 Å². The first-order chi connectivity index (χ1) is 13.8. The molecule has 0 fully saturated rings. The van der Waals surface area contributed by atoms with Crippen molar-refractivity contribution in [3.63, 3.8) is 0 Å². The molecule has 182 valence electrons. The molecule has 8 nitrogen and oxygen atoms in total. The fraction of sp³-hybridized carbons (Fsp3) is 0.789. The number of carbonyl (C=O) groups excluding carboxylic acids is 1. The molecule has 0 aromatic heterocycles. The molecule has 0 atom stereocenters. The second-order valence-electron chi connectivity index (χ2n) is 10.6. The number of nitrogens with zero attached hydrogens (tertiary/aromatic N) is 1. The monoisotopic (exact) mass is 508 g/mol. The minimum atomic E-state index is -2.92. The summed E-state index contributed by atoms with van der Waals surface area (Å²) in [6, 6.07) is 0.334. The van der Waals surface area contributed by atoms with E-state index in [9.17, 15) is 9.59 Å². The summed E-state index contributed by atoms with van der Waals surface area (Å²) in [7, 11) is -8.72. The fourth-order valence-corrected chi connectivity index (χ4v) is 17.5. The molecule has 0 aliphatic carbocycles. The maximum absolute atomic E-state index is 12.5. The Hall–Kier alpha value is -0.772. The Balaban J connectivity index is 5.26. The third-order valence-corrected chi connectivity index (χ3v) is 15.7. The van der Waals surface area contributed by atoms with E-state index in [1.165, 1.54) is 4.90 Å². The molecule has 0 aliphatic rings. The lowest BCUT2D eigenvalue weighted by Crippen LogP contribution is -2.60. The van der Waals surface area contributed by atoms with E-state index in [0.29, 0.717) is 25.6 Å². The molecule has 12 heteroatoms. The second kappa shape index (κ2) is 11.9.